The molecule has 1 heterocycles. The van der Waals surface area contributed by atoms with Crippen LogP contribution in [-0.4, -0.2) is 26.9 Å². The first-order chi connectivity index (χ1) is 10.8. The number of ether oxygens (including phenoxy) is 1. The summed E-state index contributed by atoms with van der Waals surface area (Å²) in [4.78, 5) is 23.1. The van der Waals surface area contributed by atoms with Gasteiger partial charge in [-0.3, -0.25) is 10.00 Å². The number of carbonyl (C=O) groups excluding carboxylic acids is 1. The van der Waals surface area contributed by atoms with E-state index in [1.165, 1.54) is 10.9 Å². The van der Waals surface area contributed by atoms with Gasteiger partial charge in [-0.2, -0.15) is 5.10 Å². The number of nitrogens with one attached hydrogen (secondary N) is 1. The summed E-state index contributed by atoms with van der Waals surface area (Å²) in [6, 6.07) is 9.19. The van der Waals surface area contributed by atoms with Crippen LogP contribution in [0, 0.1) is 0 Å². The molecule has 0 radical (unpaired) electrons. The van der Waals surface area contributed by atoms with Crippen LogP contribution in [0.25, 0.3) is 0 Å². The second-order valence-electron chi connectivity index (χ2n) is 6.00. The standard InChI is InChI=1S/C16H19N3O4/c1-16(2,3)19-9-12(14(20)21)13(18-19)17-15(22)23-10-11-7-5-4-6-8-11/h4-9H,10H2,1-3H3,(H,20,21)(H,17,18,22). The fourth-order valence-corrected chi connectivity index (χ4v) is 1.82. The molecule has 2 N–H and O–H groups in total. The van der Waals surface area contributed by atoms with Crippen LogP contribution in [-0.2, 0) is 16.9 Å². The molecular formula is C16H19N3O4. The Hall–Kier alpha value is -2.83. The first kappa shape index (κ1) is 16.5. The monoisotopic (exact) mass is 317 g/mol. The van der Waals surface area contributed by atoms with E-state index in [-0.39, 0.29) is 18.0 Å². The number of nitrogens with zero attached hydrogens (tertiary/aromatic N) is 2. The molecule has 2 aromatic rings. The van der Waals surface area contributed by atoms with Gasteiger partial charge in [0, 0.05) is 6.20 Å². The molecule has 0 spiro atoms. The van der Waals surface area contributed by atoms with E-state index in [2.05, 4.69) is 10.4 Å². The van der Waals surface area contributed by atoms with Gasteiger partial charge in [0.25, 0.3) is 0 Å². The summed E-state index contributed by atoms with van der Waals surface area (Å²) in [7, 11) is 0. The number of carboxylic acids is 1. The molecule has 0 aliphatic carbocycles. The first-order valence-corrected chi connectivity index (χ1v) is 7.08. The lowest BCUT2D eigenvalue weighted by atomic mass is 10.1. The molecule has 0 atom stereocenters. The van der Waals surface area contributed by atoms with Crippen molar-refractivity contribution in [2.45, 2.75) is 32.9 Å². The van der Waals surface area contributed by atoms with Gasteiger partial charge in [-0.25, -0.2) is 9.59 Å². The van der Waals surface area contributed by atoms with Crippen LogP contribution in [0.1, 0.15) is 36.7 Å². The fourth-order valence-electron chi connectivity index (χ4n) is 1.82. The Labute approximate surface area is 133 Å². The van der Waals surface area contributed by atoms with E-state index in [9.17, 15) is 14.7 Å². The third kappa shape index (κ3) is 4.32. The first-order valence-electron chi connectivity index (χ1n) is 7.08. The molecule has 0 aliphatic heterocycles. The average molecular weight is 317 g/mol. The number of hydrogen-bond acceptors (Lipinski definition) is 4. The van der Waals surface area contributed by atoms with Gasteiger partial charge in [-0.1, -0.05) is 30.3 Å². The summed E-state index contributed by atoms with van der Waals surface area (Å²) >= 11 is 0. The summed E-state index contributed by atoms with van der Waals surface area (Å²) in [5.74, 6) is -1.20. The Morgan fingerprint density at radius 3 is 2.48 bits per heavy atom. The minimum absolute atomic E-state index is 0.0366. The molecule has 1 amide bonds. The molecule has 7 nitrogen and oxygen atoms in total. The van der Waals surface area contributed by atoms with E-state index in [4.69, 9.17) is 4.74 Å². The predicted molar refractivity (Wildman–Crippen MR) is 84.4 cm³/mol. The summed E-state index contributed by atoms with van der Waals surface area (Å²) in [5, 5.41) is 15.7. The van der Waals surface area contributed by atoms with Crippen LogP contribution >= 0.6 is 0 Å². The highest BCUT2D eigenvalue weighted by Crippen LogP contribution is 2.20. The van der Waals surface area contributed by atoms with Gasteiger partial charge in [0.15, 0.2) is 5.82 Å². The van der Waals surface area contributed by atoms with Crippen molar-refractivity contribution in [2.24, 2.45) is 0 Å². The molecule has 122 valence electrons. The van der Waals surface area contributed by atoms with Crippen LogP contribution in [0.15, 0.2) is 36.5 Å². The topological polar surface area (TPSA) is 93.5 Å². The van der Waals surface area contributed by atoms with Crippen molar-refractivity contribution in [3.63, 3.8) is 0 Å². The van der Waals surface area contributed by atoms with Crippen molar-refractivity contribution < 1.29 is 19.4 Å². The number of amides is 1. The maximum atomic E-state index is 11.8. The lowest BCUT2D eigenvalue weighted by molar-refractivity contribution is 0.0697. The second-order valence-corrected chi connectivity index (χ2v) is 6.00. The highest BCUT2D eigenvalue weighted by Gasteiger charge is 2.23. The molecule has 0 saturated carbocycles. The zero-order chi connectivity index (χ0) is 17.0. The number of carboxylic acid groups (broad SMARTS) is 1. The van der Waals surface area contributed by atoms with Crippen molar-refractivity contribution in [1.29, 1.82) is 0 Å². The van der Waals surface area contributed by atoms with E-state index >= 15 is 0 Å². The maximum Gasteiger partial charge on any atom is 0.413 e. The number of benzene rings is 1. The largest absolute Gasteiger partial charge is 0.477 e. The van der Waals surface area contributed by atoms with E-state index in [0.29, 0.717) is 0 Å². The predicted octanol–water partition coefficient (Wildman–Crippen LogP) is 3.09. The van der Waals surface area contributed by atoms with Gasteiger partial charge in [-0.05, 0) is 26.3 Å². The maximum absolute atomic E-state index is 11.8. The third-order valence-corrected chi connectivity index (χ3v) is 3.07. The Kier molecular flexibility index (Phi) is 4.68. The molecule has 0 aliphatic rings. The van der Waals surface area contributed by atoms with Crippen LogP contribution in [0.3, 0.4) is 0 Å². The van der Waals surface area contributed by atoms with Crippen LogP contribution < -0.4 is 5.32 Å². The molecule has 0 unspecified atom stereocenters. The molecule has 1 aromatic heterocycles. The van der Waals surface area contributed by atoms with Crippen molar-refractivity contribution in [1.82, 2.24) is 9.78 Å². The van der Waals surface area contributed by atoms with Gasteiger partial charge >= 0.3 is 12.1 Å². The number of hydrogen-bond donors (Lipinski definition) is 2. The smallest absolute Gasteiger partial charge is 0.413 e. The summed E-state index contributed by atoms with van der Waals surface area (Å²) in [5.41, 5.74) is 0.343. The van der Waals surface area contributed by atoms with Crippen molar-refractivity contribution in [2.75, 3.05) is 5.32 Å². The van der Waals surface area contributed by atoms with Crippen molar-refractivity contribution in [3.8, 4) is 0 Å². The van der Waals surface area contributed by atoms with Crippen LogP contribution in [0.5, 0.6) is 0 Å². The van der Waals surface area contributed by atoms with E-state index < -0.39 is 17.6 Å². The zero-order valence-electron chi connectivity index (χ0n) is 13.2. The van der Waals surface area contributed by atoms with Gasteiger partial charge in [0.05, 0.1) is 5.54 Å². The SMILES string of the molecule is CC(C)(C)n1cc(C(=O)O)c(NC(=O)OCc2ccccc2)n1. The number of aromatic nitrogens is 2. The van der Waals surface area contributed by atoms with Crippen LogP contribution in [0.4, 0.5) is 10.6 Å². The number of aromatic carboxylic acids is 1. The molecule has 0 fully saturated rings. The van der Waals surface area contributed by atoms with Gasteiger partial charge < -0.3 is 9.84 Å². The molecule has 0 saturated heterocycles. The number of anilines is 1. The molecule has 2 rings (SSSR count). The van der Waals surface area contributed by atoms with E-state index in [0.717, 1.165) is 5.56 Å². The highest BCUT2D eigenvalue weighted by atomic mass is 16.5. The van der Waals surface area contributed by atoms with Crippen molar-refractivity contribution >= 4 is 17.9 Å². The summed E-state index contributed by atoms with van der Waals surface area (Å²) in [6.07, 6.45) is 0.630. The quantitative estimate of drug-likeness (QED) is 0.904. The van der Waals surface area contributed by atoms with Crippen LogP contribution in [0.2, 0.25) is 0 Å². The Morgan fingerprint density at radius 1 is 1.26 bits per heavy atom. The fraction of sp³-hybridized carbons (Fsp3) is 0.312. The third-order valence-electron chi connectivity index (χ3n) is 3.07. The summed E-state index contributed by atoms with van der Waals surface area (Å²) in [6.45, 7) is 5.73. The lowest BCUT2D eigenvalue weighted by Crippen LogP contribution is -2.22. The number of rotatable bonds is 4. The minimum Gasteiger partial charge on any atom is -0.477 e. The lowest BCUT2D eigenvalue weighted by Gasteiger charge is -2.18. The van der Waals surface area contributed by atoms with Gasteiger partial charge in [0.2, 0.25) is 0 Å². The van der Waals surface area contributed by atoms with E-state index in [1.807, 2.05) is 51.1 Å². The molecule has 0 bridgehead atoms. The normalized spacial score (nSPS) is 11.1. The second kappa shape index (κ2) is 6.51. The molecule has 23 heavy (non-hydrogen) atoms. The Balaban J connectivity index is 2.08. The van der Waals surface area contributed by atoms with Crippen molar-refractivity contribution in [3.05, 3.63) is 47.7 Å². The summed E-state index contributed by atoms with van der Waals surface area (Å²) < 4.78 is 6.56. The molecule has 7 heteroatoms. The van der Waals surface area contributed by atoms with E-state index in [1.54, 1.807) is 0 Å². The minimum atomic E-state index is -1.17. The zero-order valence-corrected chi connectivity index (χ0v) is 13.2. The average Bonchev–Trinajstić information content (AvgIpc) is 2.90. The molecule has 1 aromatic carbocycles. The van der Waals surface area contributed by atoms with Gasteiger partial charge in [0.1, 0.15) is 12.2 Å². The Morgan fingerprint density at radius 2 is 1.91 bits per heavy atom. The van der Waals surface area contributed by atoms with Gasteiger partial charge in [-0.15, -0.1) is 0 Å². The highest BCUT2D eigenvalue weighted by molar-refractivity contribution is 5.97. The molecular weight excluding hydrogens is 298 g/mol. The Bertz CT molecular complexity index is 702. The number of carbonyl (C=O) groups is 2.